The highest BCUT2D eigenvalue weighted by Crippen LogP contribution is 2.18. The lowest BCUT2D eigenvalue weighted by Crippen LogP contribution is -2.23. The van der Waals surface area contributed by atoms with Gasteiger partial charge in [0.2, 0.25) is 0 Å². The quantitative estimate of drug-likeness (QED) is 0.836. The Kier molecular flexibility index (Phi) is 5.56. The molecule has 1 aromatic heterocycles. The van der Waals surface area contributed by atoms with E-state index in [9.17, 15) is 0 Å². The van der Waals surface area contributed by atoms with Gasteiger partial charge in [0.05, 0.1) is 6.61 Å². The van der Waals surface area contributed by atoms with Gasteiger partial charge >= 0.3 is 0 Å². The highest BCUT2D eigenvalue weighted by Gasteiger charge is 2.11. The molecule has 0 amide bonds. The van der Waals surface area contributed by atoms with Gasteiger partial charge < -0.3 is 10.1 Å². The molecule has 0 aliphatic rings. The molecule has 20 heavy (non-hydrogen) atoms. The van der Waals surface area contributed by atoms with E-state index >= 15 is 0 Å². The minimum atomic E-state index is 0.288. The first-order valence-electron chi connectivity index (χ1n) is 7.12. The van der Waals surface area contributed by atoms with Gasteiger partial charge in [-0.05, 0) is 36.7 Å². The minimum absolute atomic E-state index is 0.288. The molecule has 0 bridgehead atoms. The van der Waals surface area contributed by atoms with Crippen molar-refractivity contribution in [3.05, 3.63) is 59.9 Å². The molecule has 2 rings (SSSR count). The van der Waals surface area contributed by atoms with Crippen molar-refractivity contribution in [2.45, 2.75) is 26.3 Å². The average Bonchev–Trinajstić information content (AvgIpc) is 2.47. The maximum atomic E-state index is 5.77. The van der Waals surface area contributed by atoms with Gasteiger partial charge in [-0.25, -0.2) is 0 Å². The summed E-state index contributed by atoms with van der Waals surface area (Å²) in [5.41, 5.74) is 2.41. The molecule has 1 N–H and O–H groups in total. The van der Waals surface area contributed by atoms with Crippen LogP contribution in [0.5, 0.6) is 5.75 Å². The normalized spacial score (nSPS) is 12.1. The number of benzene rings is 1. The van der Waals surface area contributed by atoms with Gasteiger partial charge in [-0.15, -0.1) is 0 Å². The van der Waals surface area contributed by atoms with Crippen LogP contribution in [0.25, 0.3) is 0 Å². The molecule has 2 aromatic rings. The molecule has 0 aliphatic carbocycles. The van der Waals surface area contributed by atoms with Crippen LogP contribution in [-0.2, 0) is 0 Å². The number of nitrogens with zero attached hydrogens (tertiary/aromatic N) is 1. The molecule has 0 saturated heterocycles. The first kappa shape index (κ1) is 14.5. The van der Waals surface area contributed by atoms with Crippen LogP contribution in [-0.4, -0.2) is 18.1 Å². The molecule has 0 radical (unpaired) electrons. The number of hydrogen-bond acceptors (Lipinski definition) is 3. The second kappa shape index (κ2) is 7.65. The molecule has 0 aliphatic heterocycles. The zero-order valence-electron chi connectivity index (χ0n) is 12.2. The molecule has 3 nitrogen and oxygen atoms in total. The lowest BCUT2D eigenvalue weighted by Gasteiger charge is -2.18. The summed E-state index contributed by atoms with van der Waals surface area (Å²) in [6.45, 7) is 5.81. The first-order chi connectivity index (χ1) is 9.79. The van der Waals surface area contributed by atoms with E-state index < -0.39 is 0 Å². The van der Waals surface area contributed by atoms with Gasteiger partial charge in [0, 0.05) is 24.9 Å². The van der Waals surface area contributed by atoms with E-state index in [0.29, 0.717) is 6.61 Å². The van der Waals surface area contributed by atoms with Gasteiger partial charge in [-0.3, -0.25) is 4.98 Å². The Hall–Kier alpha value is -1.87. The Labute approximate surface area is 121 Å². The van der Waals surface area contributed by atoms with Crippen LogP contribution in [0.15, 0.2) is 48.8 Å². The third-order valence-electron chi connectivity index (χ3n) is 3.17. The number of aryl methyl sites for hydroxylation is 1. The molecule has 1 atom stereocenters. The van der Waals surface area contributed by atoms with E-state index in [-0.39, 0.29) is 6.04 Å². The molecule has 0 saturated carbocycles. The van der Waals surface area contributed by atoms with E-state index in [2.05, 4.69) is 30.2 Å². The van der Waals surface area contributed by atoms with E-state index in [4.69, 9.17) is 4.74 Å². The van der Waals surface area contributed by atoms with Gasteiger partial charge in [-0.2, -0.15) is 0 Å². The number of pyridine rings is 1. The summed E-state index contributed by atoms with van der Waals surface area (Å²) < 4.78 is 5.77. The highest BCUT2D eigenvalue weighted by molar-refractivity contribution is 5.22. The number of nitrogens with one attached hydrogen (secondary N) is 1. The lowest BCUT2D eigenvalue weighted by molar-refractivity contribution is 0.287. The Morgan fingerprint density at radius 2 is 2.00 bits per heavy atom. The number of rotatable bonds is 7. The van der Waals surface area contributed by atoms with Crippen LogP contribution in [0.2, 0.25) is 0 Å². The van der Waals surface area contributed by atoms with Crippen LogP contribution in [0.1, 0.15) is 30.5 Å². The van der Waals surface area contributed by atoms with Crippen molar-refractivity contribution in [2.75, 3.05) is 13.2 Å². The van der Waals surface area contributed by atoms with Crippen molar-refractivity contribution in [3.8, 4) is 5.75 Å². The van der Waals surface area contributed by atoms with Crippen molar-refractivity contribution >= 4 is 0 Å². The third kappa shape index (κ3) is 4.35. The Bertz CT molecular complexity index is 513. The fraction of sp³-hybridized carbons (Fsp3) is 0.353. The summed E-state index contributed by atoms with van der Waals surface area (Å²) >= 11 is 0. The molecule has 3 heteroatoms. The van der Waals surface area contributed by atoms with Gasteiger partial charge in [0.15, 0.2) is 0 Å². The summed E-state index contributed by atoms with van der Waals surface area (Å²) in [5, 5.41) is 3.49. The molecule has 1 unspecified atom stereocenters. The lowest BCUT2D eigenvalue weighted by atomic mass is 10.0. The molecule has 1 heterocycles. The zero-order valence-corrected chi connectivity index (χ0v) is 12.2. The van der Waals surface area contributed by atoms with E-state index in [1.807, 2.05) is 42.7 Å². The first-order valence-corrected chi connectivity index (χ1v) is 7.12. The fourth-order valence-corrected chi connectivity index (χ4v) is 2.21. The third-order valence-corrected chi connectivity index (χ3v) is 3.17. The second-order valence-electron chi connectivity index (χ2n) is 4.86. The van der Waals surface area contributed by atoms with Crippen molar-refractivity contribution < 1.29 is 4.74 Å². The van der Waals surface area contributed by atoms with Crippen molar-refractivity contribution in [1.82, 2.24) is 10.3 Å². The van der Waals surface area contributed by atoms with Crippen LogP contribution in [0, 0.1) is 6.92 Å². The standard InChI is InChI=1S/C17H22N2O/c1-3-19-17(15-11-14(2)12-18-13-15)9-10-20-16-7-5-4-6-8-16/h4-8,11-13,17,19H,3,9-10H2,1-2H3. The van der Waals surface area contributed by atoms with E-state index in [0.717, 1.165) is 18.7 Å². The van der Waals surface area contributed by atoms with Crippen LogP contribution in [0.3, 0.4) is 0 Å². The number of para-hydroxylation sites is 1. The number of aromatic nitrogens is 1. The topological polar surface area (TPSA) is 34.1 Å². The van der Waals surface area contributed by atoms with Crippen molar-refractivity contribution in [3.63, 3.8) is 0 Å². The second-order valence-corrected chi connectivity index (χ2v) is 4.86. The van der Waals surface area contributed by atoms with Crippen LogP contribution < -0.4 is 10.1 Å². The summed E-state index contributed by atoms with van der Waals surface area (Å²) in [5.74, 6) is 0.921. The monoisotopic (exact) mass is 270 g/mol. The molecular weight excluding hydrogens is 248 g/mol. The van der Waals surface area contributed by atoms with Gasteiger partial charge in [-0.1, -0.05) is 31.2 Å². The molecule has 0 spiro atoms. The van der Waals surface area contributed by atoms with Crippen LogP contribution in [0.4, 0.5) is 0 Å². The van der Waals surface area contributed by atoms with Crippen molar-refractivity contribution in [2.24, 2.45) is 0 Å². The molecular formula is C17H22N2O. The maximum absolute atomic E-state index is 5.77. The van der Waals surface area contributed by atoms with E-state index in [1.165, 1.54) is 11.1 Å². The zero-order chi connectivity index (χ0) is 14.2. The molecule has 0 fully saturated rings. The predicted molar refractivity (Wildman–Crippen MR) is 81.9 cm³/mol. The largest absolute Gasteiger partial charge is 0.494 e. The van der Waals surface area contributed by atoms with Gasteiger partial charge in [0.1, 0.15) is 5.75 Å². The summed E-state index contributed by atoms with van der Waals surface area (Å²) in [6.07, 6.45) is 4.74. The predicted octanol–water partition coefficient (Wildman–Crippen LogP) is 3.51. The van der Waals surface area contributed by atoms with Crippen molar-refractivity contribution in [1.29, 1.82) is 0 Å². The SMILES string of the molecule is CCNC(CCOc1ccccc1)c1cncc(C)c1. The molecule has 1 aromatic carbocycles. The average molecular weight is 270 g/mol. The summed E-state index contributed by atoms with van der Waals surface area (Å²) in [7, 11) is 0. The number of ether oxygens (including phenoxy) is 1. The Morgan fingerprint density at radius 1 is 1.20 bits per heavy atom. The minimum Gasteiger partial charge on any atom is -0.494 e. The smallest absolute Gasteiger partial charge is 0.119 e. The van der Waals surface area contributed by atoms with Gasteiger partial charge in [0.25, 0.3) is 0 Å². The van der Waals surface area contributed by atoms with Crippen LogP contribution >= 0.6 is 0 Å². The maximum Gasteiger partial charge on any atom is 0.119 e. The number of hydrogen-bond donors (Lipinski definition) is 1. The Balaban J connectivity index is 1.92. The van der Waals surface area contributed by atoms with E-state index in [1.54, 1.807) is 0 Å². The highest BCUT2D eigenvalue weighted by atomic mass is 16.5. The summed E-state index contributed by atoms with van der Waals surface area (Å²) in [4.78, 5) is 4.27. The fourth-order valence-electron chi connectivity index (χ4n) is 2.21. The summed E-state index contributed by atoms with van der Waals surface area (Å²) in [6, 6.07) is 12.4. The molecule has 106 valence electrons. The Morgan fingerprint density at radius 3 is 2.70 bits per heavy atom.